The van der Waals surface area contributed by atoms with E-state index in [1.165, 1.54) is 0 Å². The van der Waals surface area contributed by atoms with E-state index in [-0.39, 0.29) is 11.8 Å². The molecule has 1 fully saturated rings. The molecule has 0 aromatic rings. The molecule has 3 atom stereocenters. The van der Waals surface area contributed by atoms with Crippen LogP contribution in [0.4, 0.5) is 0 Å². The number of carboxylic acids is 2. The zero-order chi connectivity index (χ0) is 12.3. The Kier molecular flexibility index (Phi) is 3.94. The van der Waals surface area contributed by atoms with E-state index >= 15 is 0 Å². The first-order valence-electron chi connectivity index (χ1n) is 5.94. The van der Waals surface area contributed by atoms with Crippen LogP contribution in [-0.4, -0.2) is 22.2 Å². The third-order valence-electron chi connectivity index (χ3n) is 4.19. The molecular weight excluding hydrogens is 208 g/mol. The molecule has 2 N–H and O–H groups in total. The van der Waals surface area contributed by atoms with Crippen molar-refractivity contribution in [2.24, 2.45) is 17.3 Å². The van der Waals surface area contributed by atoms with Gasteiger partial charge in [-0.1, -0.05) is 20.3 Å². The molecular formula is C12H20O4. The van der Waals surface area contributed by atoms with Gasteiger partial charge in [0.1, 0.15) is 0 Å². The summed E-state index contributed by atoms with van der Waals surface area (Å²) in [6, 6.07) is 0. The Bertz CT molecular complexity index is 287. The highest BCUT2D eigenvalue weighted by Gasteiger charge is 2.48. The highest BCUT2D eigenvalue weighted by atomic mass is 16.4. The monoisotopic (exact) mass is 228 g/mol. The van der Waals surface area contributed by atoms with Gasteiger partial charge in [-0.05, 0) is 31.6 Å². The summed E-state index contributed by atoms with van der Waals surface area (Å²) in [4.78, 5) is 22.3. The molecule has 4 nitrogen and oxygen atoms in total. The van der Waals surface area contributed by atoms with E-state index in [1.54, 1.807) is 0 Å². The Morgan fingerprint density at radius 2 is 1.94 bits per heavy atom. The van der Waals surface area contributed by atoms with Gasteiger partial charge in [0, 0.05) is 0 Å². The minimum Gasteiger partial charge on any atom is -0.481 e. The Hall–Kier alpha value is -1.06. The van der Waals surface area contributed by atoms with Crippen molar-refractivity contribution in [1.29, 1.82) is 0 Å². The van der Waals surface area contributed by atoms with Crippen LogP contribution < -0.4 is 0 Å². The van der Waals surface area contributed by atoms with Crippen molar-refractivity contribution in [1.82, 2.24) is 0 Å². The summed E-state index contributed by atoms with van der Waals surface area (Å²) in [5, 5.41) is 18.4. The van der Waals surface area contributed by atoms with Crippen LogP contribution >= 0.6 is 0 Å². The maximum Gasteiger partial charge on any atom is 0.309 e. The maximum absolute atomic E-state index is 11.4. The van der Waals surface area contributed by atoms with Crippen molar-refractivity contribution in [2.45, 2.75) is 46.0 Å². The third kappa shape index (κ3) is 2.06. The average molecular weight is 228 g/mol. The largest absolute Gasteiger partial charge is 0.481 e. The summed E-state index contributed by atoms with van der Waals surface area (Å²) < 4.78 is 0. The van der Waals surface area contributed by atoms with Gasteiger partial charge >= 0.3 is 11.9 Å². The smallest absolute Gasteiger partial charge is 0.309 e. The number of carboxylic acid groups (broad SMARTS) is 2. The minimum atomic E-state index is -0.784. The van der Waals surface area contributed by atoms with Crippen LogP contribution in [0.5, 0.6) is 0 Å². The van der Waals surface area contributed by atoms with Crippen LogP contribution in [0.15, 0.2) is 0 Å². The Balaban J connectivity index is 2.90. The van der Waals surface area contributed by atoms with E-state index in [1.807, 2.05) is 13.8 Å². The molecule has 0 amide bonds. The maximum atomic E-state index is 11.4. The van der Waals surface area contributed by atoms with Crippen LogP contribution in [0.25, 0.3) is 0 Å². The lowest BCUT2D eigenvalue weighted by Crippen LogP contribution is -2.43. The second-order valence-electron chi connectivity index (χ2n) is 4.73. The zero-order valence-electron chi connectivity index (χ0n) is 9.90. The van der Waals surface area contributed by atoms with Crippen molar-refractivity contribution in [2.75, 3.05) is 0 Å². The topological polar surface area (TPSA) is 74.6 Å². The van der Waals surface area contributed by atoms with E-state index in [9.17, 15) is 14.7 Å². The minimum absolute atomic E-state index is 0.00940. The molecule has 1 aliphatic carbocycles. The fourth-order valence-electron chi connectivity index (χ4n) is 3.00. The molecule has 1 unspecified atom stereocenters. The molecule has 4 heteroatoms. The van der Waals surface area contributed by atoms with E-state index in [0.717, 1.165) is 6.42 Å². The van der Waals surface area contributed by atoms with Crippen molar-refractivity contribution >= 4 is 11.9 Å². The second kappa shape index (κ2) is 4.85. The summed E-state index contributed by atoms with van der Waals surface area (Å²) in [7, 11) is 0. The van der Waals surface area contributed by atoms with Crippen molar-refractivity contribution in [3.05, 3.63) is 0 Å². The average Bonchev–Trinajstić information content (AvgIpc) is 2.27. The Morgan fingerprint density at radius 3 is 2.31 bits per heavy atom. The van der Waals surface area contributed by atoms with Gasteiger partial charge in [0.05, 0.1) is 11.3 Å². The van der Waals surface area contributed by atoms with Gasteiger partial charge in [0.2, 0.25) is 0 Å². The van der Waals surface area contributed by atoms with Gasteiger partial charge in [-0.25, -0.2) is 0 Å². The standard InChI is InChI=1S/C12H20O4/c1-3-9-7-8(10(13)14)5-6-12(9,4-2)11(15)16/h8-9H,3-7H2,1-2H3,(H,13,14)(H,15,16)/t8?,9-,12-/m1/s1. The van der Waals surface area contributed by atoms with Crippen LogP contribution in [0.2, 0.25) is 0 Å². The first kappa shape index (κ1) is 13.0. The third-order valence-corrected chi connectivity index (χ3v) is 4.19. The molecule has 0 heterocycles. The number of hydrogen-bond acceptors (Lipinski definition) is 2. The van der Waals surface area contributed by atoms with Gasteiger partial charge in [0.15, 0.2) is 0 Å². The summed E-state index contributed by atoms with van der Waals surface area (Å²) >= 11 is 0. The summed E-state index contributed by atoms with van der Waals surface area (Å²) in [6.45, 7) is 3.83. The zero-order valence-corrected chi connectivity index (χ0v) is 9.90. The van der Waals surface area contributed by atoms with Gasteiger partial charge in [-0.15, -0.1) is 0 Å². The molecule has 1 saturated carbocycles. The first-order valence-corrected chi connectivity index (χ1v) is 5.94. The van der Waals surface area contributed by atoms with Crippen molar-refractivity contribution in [3.8, 4) is 0 Å². The fraction of sp³-hybridized carbons (Fsp3) is 0.833. The lowest BCUT2D eigenvalue weighted by Gasteiger charge is -2.42. The Labute approximate surface area is 95.7 Å². The fourth-order valence-corrected chi connectivity index (χ4v) is 3.00. The van der Waals surface area contributed by atoms with Crippen molar-refractivity contribution in [3.63, 3.8) is 0 Å². The van der Waals surface area contributed by atoms with E-state index in [2.05, 4.69) is 0 Å². The summed E-state index contributed by atoms with van der Waals surface area (Å²) in [5.74, 6) is -1.91. The van der Waals surface area contributed by atoms with Crippen molar-refractivity contribution < 1.29 is 19.8 Å². The molecule has 0 aromatic heterocycles. The van der Waals surface area contributed by atoms with Gasteiger partial charge in [0.25, 0.3) is 0 Å². The molecule has 1 rings (SSSR count). The predicted molar refractivity (Wildman–Crippen MR) is 59.1 cm³/mol. The number of carbonyl (C=O) groups is 2. The summed E-state index contributed by atoms with van der Waals surface area (Å²) in [5.41, 5.74) is -0.694. The van der Waals surface area contributed by atoms with Crippen LogP contribution in [-0.2, 0) is 9.59 Å². The second-order valence-corrected chi connectivity index (χ2v) is 4.73. The highest BCUT2D eigenvalue weighted by molar-refractivity contribution is 5.76. The quantitative estimate of drug-likeness (QED) is 0.774. The molecule has 0 radical (unpaired) electrons. The van der Waals surface area contributed by atoms with Crippen LogP contribution in [0, 0.1) is 17.3 Å². The molecule has 92 valence electrons. The molecule has 16 heavy (non-hydrogen) atoms. The number of aliphatic carboxylic acids is 2. The lowest BCUT2D eigenvalue weighted by atomic mass is 9.61. The highest BCUT2D eigenvalue weighted by Crippen LogP contribution is 2.47. The van der Waals surface area contributed by atoms with E-state index in [4.69, 9.17) is 5.11 Å². The molecule has 0 saturated heterocycles. The lowest BCUT2D eigenvalue weighted by molar-refractivity contribution is -0.161. The molecule has 0 spiro atoms. The summed E-state index contributed by atoms with van der Waals surface area (Å²) in [6.07, 6.45) is 2.82. The Morgan fingerprint density at radius 1 is 1.31 bits per heavy atom. The van der Waals surface area contributed by atoms with E-state index < -0.39 is 17.4 Å². The van der Waals surface area contributed by atoms with Gasteiger partial charge < -0.3 is 10.2 Å². The van der Waals surface area contributed by atoms with E-state index in [0.29, 0.717) is 25.7 Å². The molecule has 0 aromatic carbocycles. The number of rotatable bonds is 4. The van der Waals surface area contributed by atoms with Gasteiger partial charge in [-0.3, -0.25) is 9.59 Å². The first-order chi connectivity index (χ1) is 7.47. The predicted octanol–water partition coefficient (Wildman–Crippen LogP) is 2.38. The number of hydrogen-bond donors (Lipinski definition) is 2. The molecule has 1 aliphatic rings. The molecule has 0 aliphatic heterocycles. The SMILES string of the molecule is CC[C@@H]1CC(C(=O)O)CC[C@@]1(CC)C(=O)O. The molecule has 0 bridgehead atoms. The van der Waals surface area contributed by atoms with Gasteiger partial charge in [-0.2, -0.15) is 0 Å². The van der Waals surface area contributed by atoms with Crippen LogP contribution in [0.1, 0.15) is 46.0 Å². The normalized spacial score (nSPS) is 34.6. The van der Waals surface area contributed by atoms with Crippen LogP contribution in [0.3, 0.4) is 0 Å².